The lowest BCUT2D eigenvalue weighted by molar-refractivity contribution is -0.121. The Morgan fingerprint density at radius 3 is 2.39 bits per heavy atom. The molecule has 1 saturated carbocycles. The van der Waals surface area contributed by atoms with E-state index < -0.39 is 0 Å². The van der Waals surface area contributed by atoms with Gasteiger partial charge in [-0.2, -0.15) is 5.26 Å². The normalized spacial score (nSPS) is 14.7. The SMILES string of the molecule is N#Cc1ccc(CCC(=O)NCC2(c3ccccc3)CC2)cc1. The molecule has 0 aromatic heterocycles. The van der Waals surface area contributed by atoms with Crippen LogP contribution in [0.25, 0.3) is 0 Å². The highest BCUT2D eigenvalue weighted by Gasteiger charge is 2.44. The van der Waals surface area contributed by atoms with Crippen molar-refractivity contribution in [1.29, 1.82) is 5.26 Å². The summed E-state index contributed by atoms with van der Waals surface area (Å²) in [7, 11) is 0. The number of nitrogens with zero attached hydrogens (tertiary/aromatic N) is 1. The second-order valence-corrected chi connectivity index (χ2v) is 6.23. The van der Waals surface area contributed by atoms with Crippen LogP contribution in [0.1, 0.15) is 36.0 Å². The summed E-state index contributed by atoms with van der Waals surface area (Å²) in [4.78, 5) is 12.1. The second kappa shape index (κ2) is 6.66. The topological polar surface area (TPSA) is 52.9 Å². The molecule has 2 aromatic carbocycles. The summed E-state index contributed by atoms with van der Waals surface area (Å²) in [5, 5.41) is 11.9. The predicted molar refractivity (Wildman–Crippen MR) is 89.8 cm³/mol. The number of carbonyl (C=O) groups excluding carboxylic acids is 1. The molecule has 3 heteroatoms. The van der Waals surface area contributed by atoms with Crippen LogP contribution in [0.2, 0.25) is 0 Å². The fraction of sp³-hybridized carbons (Fsp3) is 0.300. The Bertz CT molecular complexity index is 710. The maximum absolute atomic E-state index is 12.1. The van der Waals surface area contributed by atoms with E-state index in [1.54, 1.807) is 12.1 Å². The molecular weight excluding hydrogens is 284 g/mol. The van der Waals surface area contributed by atoms with E-state index in [1.165, 1.54) is 5.56 Å². The van der Waals surface area contributed by atoms with Gasteiger partial charge in [0.2, 0.25) is 5.91 Å². The molecule has 0 bridgehead atoms. The molecule has 0 radical (unpaired) electrons. The third-order valence-corrected chi connectivity index (χ3v) is 4.59. The molecular formula is C20H20N2O. The summed E-state index contributed by atoms with van der Waals surface area (Å²) in [6.07, 6.45) is 3.48. The van der Waals surface area contributed by atoms with Gasteiger partial charge in [-0.15, -0.1) is 0 Å². The highest BCUT2D eigenvalue weighted by atomic mass is 16.1. The van der Waals surface area contributed by atoms with Crippen molar-refractivity contribution in [3.05, 3.63) is 71.3 Å². The quantitative estimate of drug-likeness (QED) is 0.890. The molecule has 2 aromatic rings. The zero-order valence-corrected chi connectivity index (χ0v) is 13.1. The van der Waals surface area contributed by atoms with Gasteiger partial charge in [0, 0.05) is 18.4 Å². The van der Waals surface area contributed by atoms with E-state index in [0.29, 0.717) is 18.4 Å². The molecule has 0 spiro atoms. The van der Waals surface area contributed by atoms with Crippen LogP contribution >= 0.6 is 0 Å². The summed E-state index contributed by atoms with van der Waals surface area (Å²) >= 11 is 0. The van der Waals surface area contributed by atoms with Crippen molar-refractivity contribution in [3.63, 3.8) is 0 Å². The first-order chi connectivity index (χ1) is 11.2. The number of rotatable bonds is 6. The lowest BCUT2D eigenvalue weighted by Crippen LogP contribution is -2.32. The Morgan fingerprint density at radius 2 is 1.78 bits per heavy atom. The van der Waals surface area contributed by atoms with E-state index in [0.717, 1.165) is 24.9 Å². The molecule has 1 N–H and O–H groups in total. The first kappa shape index (κ1) is 15.3. The van der Waals surface area contributed by atoms with E-state index >= 15 is 0 Å². The Morgan fingerprint density at radius 1 is 1.09 bits per heavy atom. The Labute approximate surface area is 137 Å². The van der Waals surface area contributed by atoms with Crippen molar-refractivity contribution in [2.45, 2.75) is 31.1 Å². The standard InChI is InChI=1S/C20H20N2O/c21-14-17-8-6-16(7-9-17)10-11-19(23)22-15-20(12-13-20)18-4-2-1-3-5-18/h1-9H,10-13,15H2,(H,22,23). The maximum Gasteiger partial charge on any atom is 0.220 e. The number of carbonyl (C=O) groups is 1. The van der Waals surface area contributed by atoms with E-state index in [9.17, 15) is 4.79 Å². The van der Waals surface area contributed by atoms with Crippen molar-refractivity contribution in [2.24, 2.45) is 0 Å². The third kappa shape index (κ3) is 3.78. The number of aryl methyl sites for hydroxylation is 1. The summed E-state index contributed by atoms with van der Waals surface area (Å²) in [6.45, 7) is 0.725. The number of hydrogen-bond donors (Lipinski definition) is 1. The highest BCUT2D eigenvalue weighted by Crippen LogP contribution is 2.47. The third-order valence-electron chi connectivity index (χ3n) is 4.59. The molecule has 0 aliphatic heterocycles. The van der Waals surface area contributed by atoms with Gasteiger partial charge in [0.05, 0.1) is 11.6 Å². The van der Waals surface area contributed by atoms with Crippen LogP contribution in [0.3, 0.4) is 0 Å². The number of amides is 1. The first-order valence-electron chi connectivity index (χ1n) is 8.03. The lowest BCUT2D eigenvalue weighted by Gasteiger charge is -2.16. The van der Waals surface area contributed by atoms with Gasteiger partial charge in [-0.1, -0.05) is 42.5 Å². The molecule has 3 nitrogen and oxygen atoms in total. The van der Waals surface area contributed by atoms with E-state index in [4.69, 9.17) is 5.26 Å². The molecule has 0 atom stereocenters. The first-order valence-corrected chi connectivity index (χ1v) is 8.03. The van der Waals surface area contributed by atoms with E-state index in [-0.39, 0.29) is 11.3 Å². The number of nitriles is 1. The molecule has 3 rings (SSSR count). The minimum atomic E-state index is 0.0940. The zero-order valence-electron chi connectivity index (χ0n) is 13.1. The molecule has 116 valence electrons. The average molecular weight is 304 g/mol. The summed E-state index contributed by atoms with van der Waals surface area (Å²) in [5.41, 5.74) is 3.22. The summed E-state index contributed by atoms with van der Waals surface area (Å²) in [5.74, 6) is 0.0940. The van der Waals surface area contributed by atoms with Gasteiger partial charge in [-0.05, 0) is 42.5 Å². The van der Waals surface area contributed by atoms with E-state index in [1.807, 2.05) is 18.2 Å². The van der Waals surface area contributed by atoms with Crippen molar-refractivity contribution < 1.29 is 4.79 Å². The molecule has 1 amide bonds. The Kier molecular flexibility index (Phi) is 4.43. The number of benzene rings is 2. The zero-order chi connectivity index (χ0) is 16.1. The second-order valence-electron chi connectivity index (χ2n) is 6.23. The maximum atomic E-state index is 12.1. The van der Waals surface area contributed by atoms with Crippen LogP contribution < -0.4 is 5.32 Å². The van der Waals surface area contributed by atoms with Gasteiger partial charge in [0.25, 0.3) is 0 Å². The van der Waals surface area contributed by atoms with Crippen molar-refractivity contribution in [3.8, 4) is 6.07 Å². The lowest BCUT2D eigenvalue weighted by atomic mass is 9.96. The summed E-state index contributed by atoms with van der Waals surface area (Å²) < 4.78 is 0. The molecule has 1 fully saturated rings. The van der Waals surface area contributed by atoms with Gasteiger partial charge >= 0.3 is 0 Å². The van der Waals surface area contributed by atoms with Gasteiger partial charge in [0.15, 0.2) is 0 Å². The Balaban J connectivity index is 1.47. The fourth-order valence-corrected chi connectivity index (χ4v) is 2.87. The van der Waals surface area contributed by atoms with Crippen molar-refractivity contribution in [1.82, 2.24) is 5.32 Å². The van der Waals surface area contributed by atoms with E-state index in [2.05, 4.69) is 35.7 Å². The average Bonchev–Trinajstić information content (AvgIpc) is 3.41. The molecule has 1 aliphatic carbocycles. The number of hydrogen-bond acceptors (Lipinski definition) is 2. The largest absolute Gasteiger partial charge is 0.355 e. The molecule has 1 aliphatic rings. The van der Waals surface area contributed by atoms with Crippen LogP contribution in [0.4, 0.5) is 0 Å². The molecule has 0 heterocycles. The van der Waals surface area contributed by atoms with Gasteiger partial charge in [-0.3, -0.25) is 4.79 Å². The van der Waals surface area contributed by atoms with Crippen molar-refractivity contribution >= 4 is 5.91 Å². The molecule has 0 saturated heterocycles. The predicted octanol–water partition coefficient (Wildman–Crippen LogP) is 3.34. The summed E-state index contributed by atoms with van der Waals surface area (Å²) in [6, 6.07) is 20.0. The molecule has 23 heavy (non-hydrogen) atoms. The highest BCUT2D eigenvalue weighted by molar-refractivity contribution is 5.76. The monoisotopic (exact) mass is 304 g/mol. The van der Waals surface area contributed by atoms with Gasteiger partial charge < -0.3 is 5.32 Å². The van der Waals surface area contributed by atoms with Crippen molar-refractivity contribution in [2.75, 3.05) is 6.54 Å². The van der Waals surface area contributed by atoms with Crippen LogP contribution in [0.15, 0.2) is 54.6 Å². The van der Waals surface area contributed by atoms with Crippen LogP contribution in [-0.2, 0) is 16.6 Å². The number of nitrogens with one attached hydrogen (secondary N) is 1. The molecule has 0 unspecified atom stereocenters. The Hall–Kier alpha value is -2.60. The smallest absolute Gasteiger partial charge is 0.220 e. The van der Waals surface area contributed by atoms with Gasteiger partial charge in [0.1, 0.15) is 0 Å². The minimum absolute atomic E-state index is 0.0940. The van der Waals surface area contributed by atoms with Crippen LogP contribution in [-0.4, -0.2) is 12.5 Å². The van der Waals surface area contributed by atoms with Crippen LogP contribution in [0.5, 0.6) is 0 Å². The minimum Gasteiger partial charge on any atom is -0.355 e. The fourth-order valence-electron chi connectivity index (χ4n) is 2.87. The van der Waals surface area contributed by atoms with Gasteiger partial charge in [-0.25, -0.2) is 0 Å². The van der Waals surface area contributed by atoms with Crippen LogP contribution in [0, 0.1) is 11.3 Å².